The molecule has 0 radical (unpaired) electrons. The highest BCUT2D eigenvalue weighted by atomic mass is 32.2. The molecule has 2 rings (SSSR count). The molecule has 1 aliphatic heterocycles. The third-order valence-corrected chi connectivity index (χ3v) is 5.59. The fraction of sp³-hybridized carbons (Fsp3) is 0.538. The van der Waals surface area contributed by atoms with E-state index in [0.717, 1.165) is 0 Å². The molecule has 0 aliphatic carbocycles. The zero-order chi connectivity index (χ0) is 14.0. The van der Waals surface area contributed by atoms with Crippen LogP contribution in [0, 0.1) is 0 Å². The lowest BCUT2D eigenvalue weighted by Gasteiger charge is -2.35. The third kappa shape index (κ3) is 2.48. The number of aliphatic hydroxyl groups excluding tert-OH is 1. The van der Waals surface area contributed by atoms with E-state index < -0.39 is 16.3 Å². The SMILES string of the molecule is CCN(CC)S(=O)(=O)N1CCC(O)c2ccccc21. The van der Waals surface area contributed by atoms with E-state index in [1.807, 2.05) is 19.9 Å². The van der Waals surface area contributed by atoms with Crippen molar-refractivity contribution in [3.63, 3.8) is 0 Å². The van der Waals surface area contributed by atoms with Gasteiger partial charge in [0.2, 0.25) is 0 Å². The summed E-state index contributed by atoms with van der Waals surface area (Å²) >= 11 is 0. The quantitative estimate of drug-likeness (QED) is 0.912. The van der Waals surface area contributed by atoms with E-state index in [0.29, 0.717) is 37.3 Å². The number of nitrogens with zero attached hydrogens (tertiary/aromatic N) is 2. The second kappa shape index (κ2) is 5.48. The molecule has 106 valence electrons. The van der Waals surface area contributed by atoms with E-state index in [1.165, 1.54) is 8.61 Å². The van der Waals surface area contributed by atoms with Crippen LogP contribution in [-0.4, -0.2) is 37.5 Å². The predicted molar refractivity (Wildman–Crippen MR) is 75.2 cm³/mol. The van der Waals surface area contributed by atoms with Crippen molar-refractivity contribution < 1.29 is 13.5 Å². The Morgan fingerprint density at radius 3 is 2.58 bits per heavy atom. The topological polar surface area (TPSA) is 60.9 Å². The molecule has 5 nitrogen and oxygen atoms in total. The maximum absolute atomic E-state index is 12.6. The molecule has 19 heavy (non-hydrogen) atoms. The Kier molecular flexibility index (Phi) is 4.13. The number of hydrogen-bond donors (Lipinski definition) is 1. The number of benzene rings is 1. The summed E-state index contributed by atoms with van der Waals surface area (Å²) in [5, 5.41) is 9.96. The Balaban J connectivity index is 2.45. The molecular formula is C13H20N2O3S. The van der Waals surface area contributed by atoms with Crippen molar-refractivity contribution in [1.82, 2.24) is 4.31 Å². The van der Waals surface area contributed by atoms with Gasteiger partial charge in [0.25, 0.3) is 0 Å². The van der Waals surface area contributed by atoms with Gasteiger partial charge in [-0.1, -0.05) is 32.0 Å². The van der Waals surface area contributed by atoms with Gasteiger partial charge in [-0.05, 0) is 12.5 Å². The fourth-order valence-electron chi connectivity index (χ4n) is 2.44. The summed E-state index contributed by atoms with van der Waals surface area (Å²) in [7, 11) is -3.51. The molecule has 1 unspecified atom stereocenters. The Hall–Kier alpha value is -1.11. The van der Waals surface area contributed by atoms with Gasteiger partial charge in [-0.2, -0.15) is 12.7 Å². The van der Waals surface area contributed by atoms with Gasteiger partial charge in [-0.25, -0.2) is 0 Å². The Bertz CT molecular complexity index is 541. The smallest absolute Gasteiger partial charge is 0.304 e. The van der Waals surface area contributed by atoms with Gasteiger partial charge in [0.05, 0.1) is 11.8 Å². The van der Waals surface area contributed by atoms with Gasteiger partial charge in [-0.15, -0.1) is 0 Å². The first-order valence-corrected chi connectivity index (χ1v) is 7.96. The van der Waals surface area contributed by atoms with Gasteiger partial charge in [0, 0.05) is 25.2 Å². The van der Waals surface area contributed by atoms with Gasteiger partial charge in [0.1, 0.15) is 0 Å². The van der Waals surface area contributed by atoms with Crippen LogP contribution in [0.25, 0.3) is 0 Å². The Morgan fingerprint density at radius 1 is 1.32 bits per heavy atom. The zero-order valence-corrected chi connectivity index (χ0v) is 12.1. The molecule has 1 N–H and O–H groups in total. The molecule has 1 aromatic carbocycles. The van der Waals surface area contributed by atoms with Crippen LogP contribution in [0.1, 0.15) is 31.9 Å². The summed E-state index contributed by atoms with van der Waals surface area (Å²) in [5.74, 6) is 0. The summed E-state index contributed by atoms with van der Waals surface area (Å²) in [6.45, 7) is 4.86. The molecule has 1 aromatic rings. The summed E-state index contributed by atoms with van der Waals surface area (Å²) < 4.78 is 28.0. The maximum atomic E-state index is 12.6. The van der Waals surface area contributed by atoms with Crippen LogP contribution in [-0.2, 0) is 10.2 Å². The normalized spacial score (nSPS) is 19.6. The predicted octanol–water partition coefficient (Wildman–Crippen LogP) is 1.52. The minimum absolute atomic E-state index is 0.316. The number of anilines is 1. The van der Waals surface area contributed by atoms with E-state index in [4.69, 9.17) is 0 Å². The van der Waals surface area contributed by atoms with Gasteiger partial charge in [0.15, 0.2) is 0 Å². The highest BCUT2D eigenvalue weighted by Gasteiger charge is 2.33. The van der Waals surface area contributed by atoms with E-state index in [9.17, 15) is 13.5 Å². The number of aliphatic hydroxyl groups is 1. The largest absolute Gasteiger partial charge is 0.388 e. The minimum atomic E-state index is -3.51. The van der Waals surface area contributed by atoms with Crippen LogP contribution >= 0.6 is 0 Å². The van der Waals surface area contributed by atoms with Crippen LogP contribution in [0.3, 0.4) is 0 Å². The minimum Gasteiger partial charge on any atom is -0.388 e. The lowest BCUT2D eigenvalue weighted by molar-refractivity contribution is 0.166. The molecule has 1 atom stereocenters. The molecule has 0 bridgehead atoms. The van der Waals surface area contributed by atoms with E-state index in [1.54, 1.807) is 18.2 Å². The zero-order valence-electron chi connectivity index (χ0n) is 11.3. The molecule has 0 saturated carbocycles. The molecule has 0 amide bonds. The van der Waals surface area contributed by atoms with Gasteiger partial charge in [-0.3, -0.25) is 4.31 Å². The molecular weight excluding hydrogens is 264 g/mol. The van der Waals surface area contributed by atoms with Crippen LogP contribution in [0.4, 0.5) is 5.69 Å². The third-order valence-electron chi connectivity index (χ3n) is 3.48. The second-order valence-electron chi connectivity index (χ2n) is 4.53. The van der Waals surface area contributed by atoms with Crippen molar-refractivity contribution >= 4 is 15.9 Å². The van der Waals surface area contributed by atoms with Crippen LogP contribution < -0.4 is 4.31 Å². The van der Waals surface area contributed by atoms with Crippen molar-refractivity contribution in [2.24, 2.45) is 0 Å². The number of hydrogen-bond acceptors (Lipinski definition) is 3. The standard InChI is InChI=1S/C13H20N2O3S/c1-3-14(4-2)19(17,18)15-10-9-13(16)11-7-5-6-8-12(11)15/h5-8,13,16H,3-4,9-10H2,1-2H3. The Morgan fingerprint density at radius 2 is 1.95 bits per heavy atom. The molecule has 0 aromatic heterocycles. The summed E-state index contributed by atoms with van der Waals surface area (Å²) in [4.78, 5) is 0. The Labute approximate surface area is 114 Å². The maximum Gasteiger partial charge on any atom is 0.304 e. The van der Waals surface area contributed by atoms with Crippen molar-refractivity contribution in [3.8, 4) is 0 Å². The van der Waals surface area contributed by atoms with Crippen molar-refractivity contribution in [2.75, 3.05) is 23.9 Å². The summed E-state index contributed by atoms with van der Waals surface area (Å²) in [6, 6.07) is 7.14. The molecule has 0 fully saturated rings. The number of fused-ring (bicyclic) bond motifs is 1. The molecule has 6 heteroatoms. The lowest BCUT2D eigenvalue weighted by Crippen LogP contribution is -2.46. The van der Waals surface area contributed by atoms with Crippen molar-refractivity contribution in [2.45, 2.75) is 26.4 Å². The highest BCUT2D eigenvalue weighted by Crippen LogP contribution is 2.35. The average molecular weight is 284 g/mol. The van der Waals surface area contributed by atoms with Crippen molar-refractivity contribution in [1.29, 1.82) is 0 Å². The van der Waals surface area contributed by atoms with E-state index >= 15 is 0 Å². The van der Waals surface area contributed by atoms with Gasteiger partial charge >= 0.3 is 10.2 Å². The van der Waals surface area contributed by atoms with Crippen molar-refractivity contribution in [3.05, 3.63) is 29.8 Å². The van der Waals surface area contributed by atoms with E-state index in [2.05, 4.69) is 0 Å². The van der Waals surface area contributed by atoms with Crippen LogP contribution in [0.5, 0.6) is 0 Å². The second-order valence-corrected chi connectivity index (χ2v) is 6.38. The van der Waals surface area contributed by atoms with E-state index in [-0.39, 0.29) is 0 Å². The molecule has 0 saturated heterocycles. The van der Waals surface area contributed by atoms with Gasteiger partial charge < -0.3 is 5.11 Å². The molecule has 1 heterocycles. The van der Waals surface area contributed by atoms with Crippen LogP contribution in [0.15, 0.2) is 24.3 Å². The first-order chi connectivity index (χ1) is 9.02. The number of rotatable bonds is 4. The first kappa shape index (κ1) is 14.3. The number of para-hydroxylation sites is 1. The average Bonchev–Trinajstić information content (AvgIpc) is 2.40. The summed E-state index contributed by atoms with van der Waals surface area (Å²) in [5.41, 5.74) is 1.28. The molecule has 1 aliphatic rings. The first-order valence-electron chi connectivity index (χ1n) is 6.57. The fourth-order valence-corrected chi connectivity index (χ4v) is 4.12. The molecule has 0 spiro atoms. The highest BCUT2D eigenvalue weighted by molar-refractivity contribution is 7.90. The monoisotopic (exact) mass is 284 g/mol. The van der Waals surface area contributed by atoms with Crippen LogP contribution in [0.2, 0.25) is 0 Å². The summed E-state index contributed by atoms with van der Waals surface area (Å²) in [6.07, 6.45) is -0.156. The lowest BCUT2D eigenvalue weighted by atomic mass is 10.0.